The predicted octanol–water partition coefficient (Wildman–Crippen LogP) is 5.86. The van der Waals surface area contributed by atoms with Gasteiger partial charge in [-0.15, -0.1) is 0 Å². The van der Waals surface area contributed by atoms with Crippen molar-refractivity contribution in [3.05, 3.63) is 56.5 Å². The highest BCUT2D eigenvalue weighted by Gasteiger charge is 2.19. The smallest absolute Gasteiger partial charge is 0.162 e. The zero-order valence-corrected chi connectivity index (χ0v) is 15.9. The van der Waals surface area contributed by atoms with Crippen molar-refractivity contribution in [2.75, 3.05) is 13.2 Å². The SMILES string of the molecule is Brc1ccc(C(Br)c2cc3c(cc2Br)OCCCO3)cc1. The van der Waals surface area contributed by atoms with E-state index in [1.807, 2.05) is 24.3 Å². The molecule has 0 radical (unpaired) electrons. The van der Waals surface area contributed by atoms with Crippen molar-refractivity contribution < 1.29 is 9.47 Å². The van der Waals surface area contributed by atoms with Crippen LogP contribution in [0.4, 0.5) is 0 Å². The van der Waals surface area contributed by atoms with Crippen LogP contribution in [0.2, 0.25) is 0 Å². The second kappa shape index (κ2) is 6.71. The highest BCUT2D eigenvalue weighted by molar-refractivity contribution is 9.11. The van der Waals surface area contributed by atoms with Gasteiger partial charge in [-0.2, -0.15) is 0 Å². The highest BCUT2D eigenvalue weighted by Crippen LogP contribution is 2.42. The molecule has 0 bridgehead atoms. The molecule has 0 saturated heterocycles. The lowest BCUT2D eigenvalue weighted by molar-refractivity contribution is 0.297. The van der Waals surface area contributed by atoms with Crippen LogP contribution in [-0.2, 0) is 0 Å². The zero-order valence-electron chi connectivity index (χ0n) is 11.1. The summed E-state index contributed by atoms with van der Waals surface area (Å²) in [5, 5.41) is 0. The maximum absolute atomic E-state index is 5.78. The summed E-state index contributed by atoms with van der Waals surface area (Å²) in [6.45, 7) is 1.39. The number of halogens is 3. The van der Waals surface area contributed by atoms with Crippen LogP contribution in [0.25, 0.3) is 0 Å². The number of fused-ring (bicyclic) bond motifs is 1. The summed E-state index contributed by atoms with van der Waals surface area (Å²) in [5.74, 6) is 1.62. The van der Waals surface area contributed by atoms with Crippen LogP contribution in [0.3, 0.4) is 0 Å². The molecule has 1 aliphatic heterocycles. The Hall–Kier alpha value is -0.520. The molecule has 0 aromatic heterocycles. The van der Waals surface area contributed by atoms with E-state index < -0.39 is 0 Å². The number of benzene rings is 2. The second-order valence-electron chi connectivity index (χ2n) is 4.79. The van der Waals surface area contributed by atoms with Crippen LogP contribution in [0.15, 0.2) is 45.3 Å². The van der Waals surface area contributed by atoms with Crippen molar-refractivity contribution in [3.8, 4) is 11.5 Å². The van der Waals surface area contributed by atoms with E-state index in [2.05, 4.69) is 59.9 Å². The summed E-state index contributed by atoms with van der Waals surface area (Å²) in [7, 11) is 0. The normalized spacial score (nSPS) is 15.4. The van der Waals surface area contributed by atoms with Gasteiger partial charge in [-0.25, -0.2) is 0 Å². The van der Waals surface area contributed by atoms with Crippen LogP contribution in [0.1, 0.15) is 22.4 Å². The molecule has 0 aliphatic carbocycles. The molecule has 21 heavy (non-hydrogen) atoms. The summed E-state index contributed by atoms with van der Waals surface area (Å²) in [5.41, 5.74) is 2.31. The average molecular weight is 477 g/mol. The molecular formula is C16H13Br3O2. The van der Waals surface area contributed by atoms with E-state index in [1.54, 1.807) is 0 Å². The third-order valence-corrected chi connectivity index (χ3v) is 5.54. The quantitative estimate of drug-likeness (QED) is 0.506. The van der Waals surface area contributed by atoms with E-state index in [-0.39, 0.29) is 4.83 Å². The Bertz CT molecular complexity index is 641. The molecule has 0 fully saturated rings. The number of rotatable bonds is 2. The Morgan fingerprint density at radius 2 is 1.52 bits per heavy atom. The number of ether oxygens (including phenoxy) is 2. The van der Waals surface area contributed by atoms with Crippen molar-refractivity contribution in [1.82, 2.24) is 0 Å². The summed E-state index contributed by atoms with van der Waals surface area (Å²) >= 11 is 10.9. The van der Waals surface area contributed by atoms with Gasteiger partial charge in [0.05, 0.1) is 18.0 Å². The largest absolute Gasteiger partial charge is 0.490 e. The molecule has 1 atom stereocenters. The minimum atomic E-state index is 0.0946. The first-order valence-electron chi connectivity index (χ1n) is 6.64. The molecule has 2 aromatic rings. The second-order valence-corrected chi connectivity index (χ2v) is 7.47. The molecule has 5 heteroatoms. The summed E-state index contributed by atoms with van der Waals surface area (Å²) in [6, 6.07) is 12.3. The maximum Gasteiger partial charge on any atom is 0.162 e. The van der Waals surface area contributed by atoms with Crippen LogP contribution >= 0.6 is 47.8 Å². The Morgan fingerprint density at radius 3 is 2.19 bits per heavy atom. The Kier molecular flexibility index (Phi) is 4.92. The van der Waals surface area contributed by atoms with E-state index in [4.69, 9.17) is 9.47 Å². The molecule has 1 unspecified atom stereocenters. The van der Waals surface area contributed by atoms with Gasteiger partial charge in [0.2, 0.25) is 0 Å². The number of hydrogen-bond acceptors (Lipinski definition) is 2. The van der Waals surface area contributed by atoms with Gasteiger partial charge in [0.15, 0.2) is 11.5 Å². The molecule has 110 valence electrons. The first-order chi connectivity index (χ1) is 10.1. The van der Waals surface area contributed by atoms with Gasteiger partial charge in [-0.05, 0) is 35.4 Å². The van der Waals surface area contributed by atoms with Crippen LogP contribution < -0.4 is 9.47 Å². The third-order valence-electron chi connectivity index (χ3n) is 3.30. The Labute approximate surface area is 149 Å². The molecule has 0 saturated carbocycles. The summed E-state index contributed by atoms with van der Waals surface area (Å²) in [6.07, 6.45) is 0.909. The molecule has 1 heterocycles. The molecule has 3 rings (SSSR count). The standard InChI is InChI=1S/C16H13Br3O2/c17-11-4-2-10(3-5-11)16(19)12-8-14-15(9-13(12)18)21-7-1-6-20-14/h2-5,8-9,16H,1,6-7H2. The molecule has 0 N–H and O–H groups in total. The molecular weight excluding hydrogens is 464 g/mol. The van der Waals surface area contributed by atoms with Crippen molar-refractivity contribution in [1.29, 1.82) is 0 Å². The zero-order chi connectivity index (χ0) is 14.8. The first kappa shape index (κ1) is 15.4. The van der Waals surface area contributed by atoms with E-state index in [0.717, 1.165) is 32.4 Å². The lowest BCUT2D eigenvalue weighted by Gasteiger charge is -2.16. The van der Waals surface area contributed by atoms with E-state index in [9.17, 15) is 0 Å². The molecule has 0 amide bonds. The van der Waals surface area contributed by atoms with Gasteiger partial charge in [0.1, 0.15) is 0 Å². The molecule has 1 aliphatic rings. The minimum absolute atomic E-state index is 0.0946. The van der Waals surface area contributed by atoms with Crippen LogP contribution in [0, 0.1) is 0 Å². The van der Waals surface area contributed by atoms with Gasteiger partial charge >= 0.3 is 0 Å². The van der Waals surface area contributed by atoms with Gasteiger partial charge < -0.3 is 9.47 Å². The van der Waals surface area contributed by atoms with Crippen molar-refractivity contribution in [2.45, 2.75) is 11.2 Å². The topological polar surface area (TPSA) is 18.5 Å². The first-order valence-corrected chi connectivity index (χ1v) is 9.14. The Morgan fingerprint density at radius 1 is 0.905 bits per heavy atom. The highest BCUT2D eigenvalue weighted by atomic mass is 79.9. The van der Waals surface area contributed by atoms with Gasteiger partial charge in [-0.1, -0.05) is 59.9 Å². The van der Waals surface area contributed by atoms with E-state index in [1.165, 1.54) is 5.56 Å². The van der Waals surface area contributed by atoms with Gasteiger partial charge in [0.25, 0.3) is 0 Å². The van der Waals surface area contributed by atoms with Gasteiger partial charge in [-0.3, -0.25) is 0 Å². The third kappa shape index (κ3) is 3.46. The van der Waals surface area contributed by atoms with Crippen LogP contribution in [0.5, 0.6) is 11.5 Å². The van der Waals surface area contributed by atoms with Crippen molar-refractivity contribution in [3.63, 3.8) is 0 Å². The maximum atomic E-state index is 5.78. The summed E-state index contributed by atoms with van der Waals surface area (Å²) in [4.78, 5) is 0.0946. The predicted molar refractivity (Wildman–Crippen MR) is 94.7 cm³/mol. The van der Waals surface area contributed by atoms with Crippen LogP contribution in [-0.4, -0.2) is 13.2 Å². The van der Waals surface area contributed by atoms with Crippen molar-refractivity contribution >= 4 is 47.8 Å². The number of hydrogen-bond donors (Lipinski definition) is 0. The summed E-state index contributed by atoms with van der Waals surface area (Å²) < 4.78 is 13.6. The molecule has 0 spiro atoms. The minimum Gasteiger partial charge on any atom is -0.490 e. The number of alkyl halides is 1. The monoisotopic (exact) mass is 474 g/mol. The fourth-order valence-corrected chi connectivity index (χ4v) is 4.01. The van der Waals surface area contributed by atoms with Crippen molar-refractivity contribution in [2.24, 2.45) is 0 Å². The lowest BCUT2D eigenvalue weighted by Crippen LogP contribution is -1.98. The van der Waals surface area contributed by atoms with Gasteiger partial charge in [0, 0.05) is 15.4 Å². The molecule has 2 nitrogen and oxygen atoms in total. The lowest BCUT2D eigenvalue weighted by atomic mass is 10.0. The van der Waals surface area contributed by atoms with E-state index >= 15 is 0 Å². The average Bonchev–Trinajstić information content (AvgIpc) is 2.71. The molecule has 2 aromatic carbocycles. The van der Waals surface area contributed by atoms with E-state index in [0.29, 0.717) is 13.2 Å². The fourth-order valence-electron chi connectivity index (χ4n) is 2.21. The Balaban J connectivity index is 1.97. The fraction of sp³-hybridized carbons (Fsp3) is 0.250.